The summed E-state index contributed by atoms with van der Waals surface area (Å²) in [6.07, 6.45) is 2.96. The van der Waals surface area contributed by atoms with Crippen LogP contribution in [0.25, 0.3) is 0 Å². The zero-order valence-corrected chi connectivity index (χ0v) is 15.9. The Morgan fingerprint density at radius 3 is 2.35 bits per heavy atom. The Kier molecular flexibility index (Phi) is 5.17. The Hall–Kier alpha value is -2.55. The minimum atomic E-state index is -0.0248. The highest BCUT2D eigenvalue weighted by Gasteiger charge is 2.26. The number of amides is 1. The molecule has 3 nitrogen and oxygen atoms in total. The second kappa shape index (κ2) is 7.36. The standard InChI is InChI=1S/C23H27NO2/c1-15-12-16(2)23(17(3)13-15)24(22(26)11-8-18(4)25)21-7-5-6-20(14-21)19-9-10-19/h5-7,12-14,19,25H,4,8-11H2,1-3H3. The van der Waals surface area contributed by atoms with E-state index in [-0.39, 0.29) is 24.5 Å². The highest BCUT2D eigenvalue weighted by Crippen LogP contribution is 2.42. The van der Waals surface area contributed by atoms with Crippen molar-refractivity contribution in [2.45, 2.75) is 52.4 Å². The van der Waals surface area contributed by atoms with Crippen LogP contribution in [0.1, 0.15) is 53.9 Å². The molecule has 3 rings (SSSR count). The molecule has 1 aliphatic rings. The van der Waals surface area contributed by atoms with Crippen LogP contribution in [0.2, 0.25) is 0 Å². The molecule has 1 saturated carbocycles. The van der Waals surface area contributed by atoms with E-state index in [1.165, 1.54) is 24.0 Å². The number of nitrogens with zero attached hydrogens (tertiary/aromatic N) is 1. The quantitative estimate of drug-likeness (QED) is 0.649. The maximum Gasteiger partial charge on any atom is 0.232 e. The molecule has 0 spiro atoms. The molecule has 0 saturated heterocycles. The van der Waals surface area contributed by atoms with Gasteiger partial charge in [-0.2, -0.15) is 0 Å². The van der Waals surface area contributed by atoms with Gasteiger partial charge in [-0.3, -0.25) is 9.69 Å². The zero-order valence-electron chi connectivity index (χ0n) is 15.9. The fraction of sp³-hybridized carbons (Fsp3) is 0.348. The molecule has 26 heavy (non-hydrogen) atoms. The van der Waals surface area contributed by atoms with Crippen molar-refractivity contribution in [3.63, 3.8) is 0 Å². The molecular weight excluding hydrogens is 322 g/mol. The number of rotatable bonds is 6. The fourth-order valence-corrected chi connectivity index (χ4v) is 3.62. The predicted octanol–water partition coefficient (Wildman–Crippen LogP) is 6.01. The van der Waals surface area contributed by atoms with Crippen molar-refractivity contribution in [1.29, 1.82) is 0 Å². The Labute approximate surface area is 156 Å². The van der Waals surface area contributed by atoms with Gasteiger partial charge in [-0.25, -0.2) is 0 Å². The second-order valence-corrected chi connectivity index (χ2v) is 7.41. The molecule has 0 unspecified atom stereocenters. The van der Waals surface area contributed by atoms with E-state index in [0.29, 0.717) is 5.92 Å². The first-order valence-corrected chi connectivity index (χ1v) is 9.24. The number of hydrogen-bond donors (Lipinski definition) is 1. The first-order chi connectivity index (χ1) is 12.4. The number of anilines is 2. The van der Waals surface area contributed by atoms with Crippen LogP contribution < -0.4 is 4.90 Å². The third-order valence-electron chi connectivity index (χ3n) is 4.91. The molecule has 1 amide bonds. The Bertz CT molecular complexity index is 826. The van der Waals surface area contributed by atoms with E-state index in [2.05, 4.69) is 37.8 Å². The lowest BCUT2D eigenvalue weighted by Gasteiger charge is -2.27. The van der Waals surface area contributed by atoms with Crippen molar-refractivity contribution in [1.82, 2.24) is 0 Å². The number of carbonyl (C=O) groups is 1. The van der Waals surface area contributed by atoms with E-state index in [4.69, 9.17) is 0 Å². The van der Waals surface area contributed by atoms with Crippen LogP contribution in [-0.4, -0.2) is 11.0 Å². The summed E-state index contributed by atoms with van der Waals surface area (Å²) in [7, 11) is 0. The molecule has 136 valence electrons. The van der Waals surface area contributed by atoms with Crippen molar-refractivity contribution in [3.05, 3.63) is 71.0 Å². The van der Waals surface area contributed by atoms with Gasteiger partial charge in [-0.05, 0) is 68.4 Å². The van der Waals surface area contributed by atoms with Gasteiger partial charge >= 0.3 is 0 Å². The lowest BCUT2D eigenvalue weighted by Crippen LogP contribution is -2.27. The van der Waals surface area contributed by atoms with Gasteiger partial charge in [0, 0.05) is 18.5 Å². The maximum atomic E-state index is 13.1. The average molecular weight is 349 g/mol. The number of carbonyl (C=O) groups excluding carboxylic acids is 1. The van der Waals surface area contributed by atoms with Crippen LogP contribution in [0, 0.1) is 20.8 Å². The summed E-state index contributed by atoms with van der Waals surface area (Å²) in [5, 5.41) is 9.43. The van der Waals surface area contributed by atoms with Crippen molar-refractivity contribution in [2.75, 3.05) is 4.90 Å². The zero-order chi connectivity index (χ0) is 18.8. The van der Waals surface area contributed by atoms with E-state index in [1.54, 1.807) is 0 Å². The molecule has 2 aromatic rings. The highest BCUT2D eigenvalue weighted by atomic mass is 16.3. The van der Waals surface area contributed by atoms with Crippen LogP contribution in [0.4, 0.5) is 11.4 Å². The van der Waals surface area contributed by atoms with Crippen molar-refractivity contribution < 1.29 is 9.90 Å². The Balaban J connectivity index is 2.06. The SMILES string of the molecule is C=C(O)CCC(=O)N(c1cccc(C2CC2)c1)c1c(C)cc(C)cc1C. The molecule has 0 aliphatic heterocycles. The summed E-state index contributed by atoms with van der Waals surface area (Å²) < 4.78 is 0. The smallest absolute Gasteiger partial charge is 0.232 e. The summed E-state index contributed by atoms with van der Waals surface area (Å²) in [6.45, 7) is 9.67. The van der Waals surface area contributed by atoms with Crippen molar-refractivity contribution in [2.24, 2.45) is 0 Å². The average Bonchev–Trinajstić information content (AvgIpc) is 3.41. The van der Waals surface area contributed by atoms with Gasteiger partial charge in [-0.1, -0.05) is 36.4 Å². The Morgan fingerprint density at radius 2 is 1.77 bits per heavy atom. The summed E-state index contributed by atoms with van der Waals surface area (Å²) in [5.41, 5.74) is 6.49. The predicted molar refractivity (Wildman–Crippen MR) is 107 cm³/mol. The summed E-state index contributed by atoms with van der Waals surface area (Å²) in [5.74, 6) is 0.648. The number of aliphatic hydroxyl groups is 1. The van der Waals surface area contributed by atoms with Crippen LogP contribution in [0.15, 0.2) is 48.7 Å². The fourth-order valence-electron chi connectivity index (χ4n) is 3.62. The minimum absolute atomic E-state index is 0.0248. The Morgan fingerprint density at radius 1 is 1.12 bits per heavy atom. The minimum Gasteiger partial charge on any atom is -0.513 e. The molecule has 2 aromatic carbocycles. The van der Waals surface area contributed by atoms with Crippen LogP contribution in [-0.2, 0) is 4.79 Å². The van der Waals surface area contributed by atoms with Crippen molar-refractivity contribution >= 4 is 17.3 Å². The number of benzene rings is 2. The van der Waals surface area contributed by atoms with E-state index < -0.39 is 0 Å². The number of allylic oxidation sites excluding steroid dienone is 1. The lowest BCUT2D eigenvalue weighted by molar-refractivity contribution is -0.118. The molecule has 1 fully saturated rings. The van der Waals surface area contributed by atoms with E-state index >= 15 is 0 Å². The van der Waals surface area contributed by atoms with Gasteiger partial charge in [0.25, 0.3) is 0 Å². The van der Waals surface area contributed by atoms with Gasteiger partial charge in [0.05, 0.1) is 11.4 Å². The molecule has 0 radical (unpaired) electrons. The third kappa shape index (κ3) is 3.98. The number of aryl methyl sites for hydroxylation is 3. The van der Waals surface area contributed by atoms with E-state index in [9.17, 15) is 9.90 Å². The van der Waals surface area contributed by atoms with E-state index in [0.717, 1.165) is 22.5 Å². The molecule has 0 heterocycles. The van der Waals surface area contributed by atoms with Crippen LogP contribution in [0.3, 0.4) is 0 Å². The molecule has 1 N–H and O–H groups in total. The molecule has 0 atom stereocenters. The largest absolute Gasteiger partial charge is 0.513 e. The first kappa shape index (κ1) is 18.2. The lowest BCUT2D eigenvalue weighted by atomic mass is 10.0. The van der Waals surface area contributed by atoms with Gasteiger partial charge in [-0.15, -0.1) is 0 Å². The molecule has 1 aliphatic carbocycles. The summed E-state index contributed by atoms with van der Waals surface area (Å²) in [4.78, 5) is 14.9. The second-order valence-electron chi connectivity index (χ2n) is 7.41. The van der Waals surface area contributed by atoms with Crippen LogP contribution in [0.5, 0.6) is 0 Å². The van der Waals surface area contributed by atoms with Gasteiger partial charge in [0.1, 0.15) is 0 Å². The maximum absolute atomic E-state index is 13.1. The molecule has 0 aromatic heterocycles. The number of aliphatic hydroxyl groups excluding tert-OH is 1. The molecular formula is C23H27NO2. The van der Waals surface area contributed by atoms with Gasteiger partial charge < -0.3 is 5.11 Å². The number of hydrogen-bond acceptors (Lipinski definition) is 2. The third-order valence-corrected chi connectivity index (χ3v) is 4.91. The topological polar surface area (TPSA) is 40.5 Å². The first-order valence-electron chi connectivity index (χ1n) is 9.24. The van der Waals surface area contributed by atoms with Gasteiger partial charge in [0.15, 0.2) is 0 Å². The molecule has 3 heteroatoms. The van der Waals surface area contributed by atoms with Crippen LogP contribution >= 0.6 is 0 Å². The van der Waals surface area contributed by atoms with E-state index in [1.807, 2.05) is 30.9 Å². The summed E-state index contributed by atoms with van der Waals surface area (Å²) in [6, 6.07) is 12.5. The molecule has 0 bridgehead atoms. The highest BCUT2D eigenvalue weighted by molar-refractivity contribution is 6.02. The monoisotopic (exact) mass is 349 g/mol. The van der Waals surface area contributed by atoms with Gasteiger partial charge in [0.2, 0.25) is 5.91 Å². The van der Waals surface area contributed by atoms with Crippen molar-refractivity contribution in [3.8, 4) is 0 Å². The normalized spacial score (nSPS) is 13.5. The summed E-state index contributed by atoms with van der Waals surface area (Å²) >= 11 is 0.